The van der Waals surface area contributed by atoms with E-state index in [1.165, 1.54) is 0 Å². The number of aromatic amines is 1. The number of hydrogen-bond donors (Lipinski definition) is 2. The third kappa shape index (κ3) is 4.02. The van der Waals surface area contributed by atoms with E-state index in [1.54, 1.807) is 6.20 Å². The lowest BCUT2D eigenvalue weighted by Crippen LogP contribution is -2.36. The highest BCUT2D eigenvalue weighted by molar-refractivity contribution is 5.25. The number of nitrogens with two attached hydrogens (primary N) is 1. The number of rotatable bonds is 5. The molecule has 0 aliphatic carbocycles. The van der Waals surface area contributed by atoms with Crippen molar-refractivity contribution in [3.63, 3.8) is 0 Å². The van der Waals surface area contributed by atoms with Crippen molar-refractivity contribution >= 4 is 0 Å². The number of allylic oxidation sites excluding steroid dienone is 1. The van der Waals surface area contributed by atoms with Gasteiger partial charge in [0.1, 0.15) is 0 Å². The maximum absolute atomic E-state index is 11.9. The summed E-state index contributed by atoms with van der Waals surface area (Å²) in [6.07, 6.45) is 6.18. The van der Waals surface area contributed by atoms with Crippen LogP contribution in [0.5, 0.6) is 0 Å². The van der Waals surface area contributed by atoms with Crippen LogP contribution in [0.4, 0.5) is 0 Å². The summed E-state index contributed by atoms with van der Waals surface area (Å²) in [6, 6.07) is 1.99. The number of H-pyrrole nitrogens is 1. The molecule has 0 radical (unpaired) electrons. The molecule has 1 aromatic heterocycles. The molecule has 0 saturated carbocycles. The summed E-state index contributed by atoms with van der Waals surface area (Å²) in [5.41, 5.74) is 7.34. The summed E-state index contributed by atoms with van der Waals surface area (Å²) in [5.74, 6) is 0. The first-order chi connectivity index (χ1) is 9.31. The monoisotopic (exact) mass is 263 g/mol. The second kappa shape index (κ2) is 7.23. The Bertz CT molecular complexity index is 476. The number of nitrogens with one attached hydrogen (secondary N) is 1. The van der Waals surface area contributed by atoms with Crippen LogP contribution in [0.25, 0.3) is 0 Å². The molecule has 0 amide bonds. The number of hydrogen-bond acceptors (Lipinski definition) is 4. The maximum atomic E-state index is 11.9. The van der Waals surface area contributed by atoms with Gasteiger partial charge >= 0.3 is 0 Å². The van der Waals surface area contributed by atoms with E-state index in [9.17, 15) is 4.79 Å². The lowest BCUT2D eigenvalue weighted by Gasteiger charge is -2.27. The molecule has 2 rings (SSSR count). The van der Waals surface area contributed by atoms with Gasteiger partial charge in [-0.15, -0.1) is 0 Å². The summed E-state index contributed by atoms with van der Waals surface area (Å²) < 4.78 is 5.34. The molecule has 0 unspecified atom stereocenters. The molecule has 2 heterocycles. The first kappa shape index (κ1) is 14.0. The number of nitrogens with zero attached hydrogens (tertiary/aromatic N) is 1. The van der Waals surface area contributed by atoms with Crippen LogP contribution in [0.15, 0.2) is 29.2 Å². The lowest BCUT2D eigenvalue weighted by atomic mass is 10.1. The quantitative estimate of drug-likeness (QED) is 0.748. The second-order valence-electron chi connectivity index (χ2n) is 4.61. The van der Waals surface area contributed by atoms with Crippen LogP contribution in [-0.2, 0) is 17.7 Å². The van der Waals surface area contributed by atoms with E-state index in [1.807, 2.05) is 18.2 Å². The van der Waals surface area contributed by atoms with Crippen molar-refractivity contribution < 1.29 is 4.74 Å². The van der Waals surface area contributed by atoms with E-state index in [4.69, 9.17) is 10.5 Å². The Kier molecular flexibility index (Phi) is 5.32. The van der Waals surface area contributed by atoms with Gasteiger partial charge in [0.2, 0.25) is 0 Å². The van der Waals surface area contributed by atoms with Crippen LogP contribution in [0.1, 0.15) is 11.1 Å². The van der Waals surface area contributed by atoms with Crippen molar-refractivity contribution in [1.82, 2.24) is 9.88 Å². The molecule has 19 heavy (non-hydrogen) atoms. The van der Waals surface area contributed by atoms with Crippen molar-refractivity contribution in [2.75, 3.05) is 32.8 Å². The Morgan fingerprint density at radius 1 is 1.37 bits per heavy atom. The maximum Gasteiger partial charge on any atom is 0.251 e. The van der Waals surface area contributed by atoms with Gasteiger partial charge in [0.15, 0.2) is 0 Å². The second-order valence-corrected chi connectivity index (χ2v) is 4.61. The summed E-state index contributed by atoms with van der Waals surface area (Å²) in [6.45, 7) is 4.69. The molecule has 1 saturated heterocycles. The van der Waals surface area contributed by atoms with Crippen molar-refractivity contribution in [1.29, 1.82) is 0 Å². The third-order valence-electron chi connectivity index (χ3n) is 3.28. The molecular formula is C14H21N3O2. The molecule has 5 heteroatoms. The Balaban J connectivity index is 2.11. The molecular weight excluding hydrogens is 242 g/mol. The van der Waals surface area contributed by atoms with Crippen molar-refractivity contribution in [2.24, 2.45) is 5.73 Å². The van der Waals surface area contributed by atoms with E-state index in [0.717, 1.165) is 44.0 Å². The van der Waals surface area contributed by atoms with Gasteiger partial charge < -0.3 is 15.5 Å². The van der Waals surface area contributed by atoms with E-state index in [2.05, 4.69) is 9.88 Å². The molecule has 104 valence electrons. The third-order valence-corrected chi connectivity index (χ3v) is 3.28. The average Bonchev–Trinajstić information content (AvgIpc) is 2.43. The van der Waals surface area contributed by atoms with E-state index >= 15 is 0 Å². The minimum atomic E-state index is -0.00701. The van der Waals surface area contributed by atoms with Gasteiger partial charge in [-0.1, -0.05) is 12.2 Å². The zero-order valence-corrected chi connectivity index (χ0v) is 11.1. The van der Waals surface area contributed by atoms with Crippen LogP contribution < -0.4 is 11.3 Å². The van der Waals surface area contributed by atoms with E-state index < -0.39 is 0 Å². The SMILES string of the molecule is NCC=CCc1c(CN2CCOCC2)cc[nH]c1=O. The summed E-state index contributed by atoms with van der Waals surface area (Å²) >= 11 is 0. The zero-order chi connectivity index (χ0) is 13.5. The highest BCUT2D eigenvalue weighted by Crippen LogP contribution is 2.10. The van der Waals surface area contributed by atoms with Crippen molar-refractivity contribution in [2.45, 2.75) is 13.0 Å². The first-order valence-electron chi connectivity index (χ1n) is 6.66. The van der Waals surface area contributed by atoms with Crippen LogP contribution in [0, 0.1) is 0 Å². The lowest BCUT2D eigenvalue weighted by molar-refractivity contribution is 0.0340. The molecule has 0 atom stereocenters. The van der Waals surface area contributed by atoms with Gasteiger partial charge in [-0.3, -0.25) is 9.69 Å². The summed E-state index contributed by atoms with van der Waals surface area (Å²) in [7, 11) is 0. The number of ether oxygens (including phenoxy) is 1. The Morgan fingerprint density at radius 3 is 2.89 bits per heavy atom. The summed E-state index contributed by atoms with van der Waals surface area (Å²) in [4.78, 5) is 17.0. The molecule has 5 nitrogen and oxygen atoms in total. The van der Waals surface area contributed by atoms with Gasteiger partial charge in [-0.05, 0) is 18.1 Å². The van der Waals surface area contributed by atoms with Gasteiger partial charge in [0.25, 0.3) is 5.56 Å². The smallest absolute Gasteiger partial charge is 0.251 e. The minimum absolute atomic E-state index is 0.00701. The first-order valence-corrected chi connectivity index (χ1v) is 6.66. The topological polar surface area (TPSA) is 71.3 Å². The van der Waals surface area contributed by atoms with Crippen molar-refractivity contribution in [3.8, 4) is 0 Å². The van der Waals surface area contributed by atoms with Gasteiger partial charge in [0.05, 0.1) is 13.2 Å². The van der Waals surface area contributed by atoms with E-state index in [0.29, 0.717) is 13.0 Å². The number of pyridine rings is 1. The molecule has 1 aliphatic rings. The number of aromatic nitrogens is 1. The molecule has 3 N–H and O–H groups in total. The molecule has 1 fully saturated rings. The Morgan fingerprint density at radius 2 is 2.16 bits per heavy atom. The van der Waals surface area contributed by atoms with E-state index in [-0.39, 0.29) is 5.56 Å². The average molecular weight is 263 g/mol. The molecule has 1 aromatic rings. The molecule has 0 aromatic carbocycles. The van der Waals surface area contributed by atoms with Crippen molar-refractivity contribution in [3.05, 3.63) is 45.9 Å². The largest absolute Gasteiger partial charge is 0.379 e. The fraction of sp³-hybridized carbons (Fsp3) is 0.500. The highest BCUT2D eigenvalue weighted by atomic mass is 16.5. The normalized spacial score (nSPS) is 17.1. The molecule has 0 bridgehead atoms. The van der Waals surface area contributed by atoms with Crippen LogP contribution in [-0.4, -0.2) is 42.7 Å². The standard InChI is InChI=1S/C14H21N3O2/c15-5-2-1-3-13-12(4-6-16-14(13)18)11-17-7-9-19-10-8-17/h1-2,4,6H,3,5,7-11,15H2,(H,16,18). The van der Waals surface area contributed by atoms with Gasteiger partial charge in [0, 0.05) is 37.9 Å². The van der Waals surface area contributed by atoms with Gasteiger partial charge in [-0.2, -0.15) is 0 Å². The number of morpholine rings is 1. The molecule has 0 spiro atoms. The van der Waals surface area contributed by atoms with Gasteiger partial charge in [-0.25, -0.2) is 0 Å². The predicted octanol–water partition coefficient (Wildman–Crippen LogP) is 0.264. The molecule has 1 aliphatic heterocycles. The summed E-state index contributed by atoms with van der Waals surface area (Å²) in [5, 5.41) is 0. The fourth-order valence-electron chi connectivity index (χ4n) is 2.22. The Hall–Kier alpha value is -1.43. The highest BCUT2D eigenvalue weighted by Gasteiger charge is 2.13. The van der Waals surface area contributed by atoms with Crippen LogP contribution in [0.3, 0.4) is 0 Å². The zero-order valence-electron chi connectivity index (χ0n) is 11.1. The van der Waals surface area contributed by atoms with Crippen LogP contribution >= 0.6 is 0 Å². The van der Waals surface area contributed by atoms with Crippen LogP contribution in [0.2, 0.25) is 0 Å². The minimum Gasteiger partial charge on any atom is -0.379 e. The Labute approximate surface area is 113 Å². The predicted molar refractivity (Wildman–Crippen MR) is 75.1 cm³/mol. The fourth-order valence-corrected chi connectivity index (χ4v) is 2.22.